The van der Waals surface area contributed by atoms with Gasteiger partial charge in [0, 0.05) is 17.0 Å². The first-order valence-corrected chi connectivity index (χ1v) is 7.43. The van der Waals surface area contributed by atoms with E-state index in [4.69, 9.17) is 9.26 Å². The third kappa shape index (κ3) is 2.64. The summed E-state index contributed by atoms with van der Waals surface area (Å²) in [5.74, 6) is -0.0862. The van der Waals surface area contributed by atoms with Crippen molar-refractivity contribution in [3.8, 4) is 0 Å². The van der Waals surface area contributed by atoms with Crippen LogP contribution in [0.25, 0.3) is 0 Å². The first-order chi connectivity index (χ1) is 10.4. The lowest BCUT2D eigenvalue weighted by molar-refractivity contribution is -0.134. The lowest BCUT2D eigenvalue weighted by Crippen LogP contribution is -2.49. The molecule has 6 nitrogen and oxygen atoms in total. The molecule has 1 aliphatic rings. The van der Waals surface area contributed by atoms with Crippen LogP contribution in [-0.4, -0.2) is 22.6 Å². The van der Waals surface area contributed by atoms with Crippen molar-refractivity contribution in [3.63, 3.8) is 0 Å². The van der Waals surface area contributed by atoms with Gasteiger partial charge in [-0.1, -0.05) is 27.2 Å². The predicted molar refractivity (Wildman–Crippen MR) is 81.5 cm³/mol. The van der Waals surface area contributed by atoms with Crippen LogP contribution in [0, 0.1) is 6.92 Å². The maximum atomic E-state index is 12.4. The number of benzene rings is 1. The molecule has 2 heterocycles. The summed E-state index contributed by atoms with van der Waals surface area (Å²) < 4.78 is 11.1. The number of aryl methyl sites for hydroxylation is 1. The number of amides is 1. The molecule has 1 aromatic carbocycles. The zero-order chi connectivity index (χ0) is 15.9. The van der Waals surface area contributed by atoms with Crippen molar-refractivity contribution in [2.45, 2.75) is 25.9 Å². The normalized spacial score (nSPS) is 20.2. The van der Waals surface area contributed by atoms with E-state index < -0.39 is 17.5 Å². The molecule has 22 heavy (non-hydrogen) atoms. The molecule has 0 bridgehead atoms. The Morgan fingerprint density at radius 1 is 1.41 bits per heavy atom. The maximum absolute atomic E-state index is 12.4. The SMILES string of the molecule is Cc1cc(NC(=O)[C@@]2(C)Cc3ccc(Br)cc3C(=O)O2)no1. The smallest absolute Gasteiger partial charge is 0.339 e. The topological polar surface area (TPSA) is 81.4 Å². The van der Waals surface area contributed by atoms with Crippen LogP contribution < -0.4 is 5.32 Å². The summed E-state index contributed by atoms with van der Waals surface area (Å²) in [6.07, 6.45) is 0.296. The first-order valence-electron chi connectivity index (χ1n) is 6.64. The number of halogens is 1. The summed E-state index contributed by atoms with van der Waals surface area (Å²) >= 11 is 3.32. The quantitative estimate of drug-likeness (QED) is 0.828. The molecule has 0 saturated carbocycles. The third-order valence-corrected chi connectivity index (χ3v) is 3.98. The molecule has 0 fully saturated rings. The fourth-order valence-corrected chi connectivity index (χ4v) is 2.71. The fraction of sp³-hybridized carbons (Fsp3) is 0.267. The predicted octanol–water partition coefficient (Wildman–Crippen LogP) is 2.86. The highest BCUT2D eigenvalue weighted by Gasteiger charge is 2.43. The van der Waals surface area contributed by atoms with Gasteiger partial charge in [0.25, 0.3) is 5.91 Å². The molecular weight excluding hydrogens is 352 g/mol. The number of nitrogens with one attached hydrogen (secondary N) is 1. The molecule has 0 unspecified atom stereocenters. The van der Waals surface area contributed by atoms with Crippen LogP contribution in [0.4, 0.5) is 5.82 Å². The molecule has 114 valence electrons. The van der Waals surface area contributed by atoms with Crippen LogP contribution in [0.1, 0.15) is 28.6 Å². The second-order valence-corrected chi connectivity index (χ2v) is 6.29. The van der Waals surface area contributed by atoms with Gasteiger partial charge in [-0.15, -0.1) is 0 Å². The Morgan fingerprint density at radius 2 is 2.18 bits per heavy atom. The molecule has 2 aromatic rings. The van der Waals surface area contributed by atoms with Gasteiger partial charge in [0.1, 0.15) is 5.76 Å². The number of cyclic esters (lactones) is 1. The highest BCUT2D eigenvalue weighted by molar-refractivity contribution is 9.10. The summed E-state index contributed by atoms with van der Waals surface area (Å²) in [6.45, 7) is 3.30. The van der Waals surface area contributed by atoms with Gasteiger partial charge in [0.15, 0.2) is 11.4 Å². The Hall–Kier alpha value is -2.15. The van der Waals surface area contributed by atoms with Crippen molar-refractivity contribution in [2.24, 2.45) is 0 Å². The molecule has 0 aliphatic carbocycles. The van der Waals surface area contributed by atoms with Crippen LogP contribution in [0.5, 0.6) is 0 Å². The number of carbonyl (C=O) groups excluding carboxylic acids is 2. The Kier molecular flexibility index (Phi) is 3.52. The third-order valence-electron chi connectivity index (χ3n) is 3.49. The van der Waals surface area contributed by atoms with E-state index in [0.717, 1.165) is 10.0 Å². The van der Waals surface area contributed by atoms with Gasteiger partial charge in [0.2, 0.25) is 0 Å². The van der Waals surface area contributed by atoms with E-state index in [1.165, 1.54) is 0 Å². The minimum Gasteiger partial charge on any atom is -0.445 e. The number of nitrogens with zero attached hydrogens (tertiary/aromatic N) is 1. The zero-order valence-electron chi connectivity index (χ0n) is 12.0. The van der Waals surface area contributed by atoms with Crippen molar-refractivity contribution in [3.05, 3.63) is 45.6 Å². The number of ether oxygens (including phenoxy) is 1. The molecular formula is C15H13BrN2O4. The number of rotatable bonds is 2. The van der Waals surface area contributed by atoms with E-state index in [2.05, 4.69) is 26.4 Å². The summed E-state index contributed by atoms with van der Waals surface area (Å²) in [6, 6.07) is 6.93. The van der Waals surface area contributed by atoms with E-state index in [1.807, 2.05) is 12.1 Å². The summed E-state index contributed by atoms with van der Waals surface area (Å²) in [5, 5.41) is 6.31. The van der Waals surface area contributed by atoms with Crippen molar-refractivity contribution in [1.82, 2.24) is 5.16 Å². The van der Waals surface area contributed by atoms with Crippen LogP contribution >= 0.6 is 15.9 Å². The zero-order valence-corrected chi connectivity index (χ0v) is 13.6. The highest BCUT2D eigenvalue weighted by Crippen LogP contribution is 2.31. The van der Waals surface area contributed by atoms with Gasteiger partial charge in [-0.05, 0) is 31.5 Å². The number of fused-ring (bicyclic) bond motifs is 1. The number of esters is 1. The van der Waals surface area contributed by atoms with Crippen LogP contribution in [-0.2, 0) is 16.0 Å². The van der Waals surface area contributed by atoms with Gasteiger partial charge < -0.3 is 14.6 Å². The minimum atomic E-state index is -1.29. The molecule has 1 amide bonds. The standard InChI is InChI=1S/C15H13BrN2O4/c1-8-5-12(18-22-8)17-14(20)15(2)7-9-3-4-10(16)6-11(9)13(19)21-15/h3-6H,7H2,1-2H3,(H,17,18,20)/t15-/m1/s1. The van der Waals surface area contributed by atoms with Gasteiger partial charge >= 0.3 is 5.97 Å². The van der Waals surface area contributed by atoms with Crippen LogP contribution in [0.15, 0.2) is 33.3 Å². The Balaban J connectivity index is 1.86. The number of aromatic nitrogens is 1. The van der Waals surface area contributed by atoms with Crippen molar-refractivity contribution in [2.75, 3.05) is 5.32 Å². The Bertz CT molecular complexity index is 771. The van der Waals surface area contributed by atoms with Crippen LogP contribution in [0.2, 0.25) is 0 Å². The second kappa shape index (κ2) is 5.24. The second-order valence-electron chi connectivity index (χ2n) is 5.38. The van der Waals surface area contributed by atoms with E-state index >= 15 is 0 Å². The molecule has 1 atom stereocenters. The number of hydrogen-bond donors (Lipinski definition) is 1. The lowest BCUT2D eigenvalue weighted by atomic mass is 9.89. The summed E-state index contributed by atoms with van der Waals surface area (Å²) in [5.41, 5.74) is -0.0459. The molecule has 1 N–H and O–H groups in total. The molecule has 3 rings (SSSR count). The van der Waals surface area contributed by atoms with E-state index in [-0.39, 0.29) is 0 Å². The molecule has 0 saturated heterocycles. The Morgan fingerprint density at radius 3 is 2.86 bits per heavy atom. The molecule has 0 spiro atoms. The Labute approximate surface area is 134 Å². The average molecular weight is 365 g/mol. The number of anilines is 1. The fourth-order valence-electron chi connectivity index (χ4n) is 2.35. The van der Waals surface area contributed by atoms with Gasteiger partial charge in [0.05, 0.1) is 5.56 Å². The van der Waals surface area contributed by atoms with Crippen molar-refractivity contribution >= 4 is 33.6 Å². The van der Waals surface area contributed by atoms with Gasteiger partial charge in [-0.2, -0.15) is 0 Å². The maximum Gasteiger partial charge on any atom is 0.339 e. The van der Waals surface area contributed by atoms with E-state index in [9.17, 15) is 9.59 Å². The van der Waals surface area contributed by atoms with Gasteiger partial charge in [-0.25, -0.2) is 4.79 Å². The van der Waals surface area contributed by atoms with Crippen molar-refractivity contribution < 1.29 is 18.8 Å². The monoisotopic (exact) mass is 364 g/mol. The molecule has 0 radical (unpaired) electrons. The van der Waals surface area contributed by atoms with E-state index in [1.54, 1.807) is 26.0 Å². The minimum absolute atomic E-state index is 0.293. The number of hydrogen-bond acceptors (Lipinski definition) is 5. The first kappa shape index (κ1) is 14.8. The lowest BCUT2D eigenvalue weighted by Gasteiger charge is -2.32. The van der Waals surface area contributed by atoms with Crippen LogP contribution in [0.3, 0.4) is 0 Å². The molecule has 7 heteroatoms. The molecule has 1 aromatic heterocycles. The van der Waals surface area contributed by atoms with Gasteiger partial charge in [-0.3, -0.25) is 4.79 Å². The largest absolute Gasteiger partial charge is 0.445 e. The summed E-state index contributed by atoms with van der Waals surface area (Å²) in [7, 11) is 0. The summed E-state index contributed by atoms with van der Waals surface area (Å²) in [4.78, 5) is 24.6. The average Bonchev–Trinajstić information content (AvgIpc) is 2.85. The van der Waals surface area contributed by atoms with Crippen molar-refractivity contribution in [1.29, 1.82) is 0 Å². The number of carbonyl (C=O) groups is 2. The van der Waals surface area contributed by atoms with E-state index in [0.29, 0.717) is 23.6 Å². The molecule has 1 aliphatic heterocycles. The highest BCUT2D eigenvalue weighted by atomic mass is 79.9.